The predicted octanol–water partition coefficient (Wildman–Crippen LogP) is 2.52. The van der Waals surface area contributed by atoms with Crippen molar-refractivity contribution in [2.24, 2.45) is 0 Å². The first-order valence-electron chi connectivity index (χ1n) is 5.26. The summed E-state index contributed by atoms with van der Waals surface area (Å²) in [5.41, 5.74) is -0.0459. The van der Waals surface area contributed by atoms with Gasteiger partial charge in [-0.1, -0.05) is 13.8 Å². The van der Waals surface area contributed by atoms with Gasteiger partial charge in [0, 0.05) is 5.54 Å². The Labute approximate surface area is 101 Å². The Morgan fingerprint density at radius 1 is 1.25 bits per heavy atom. The molecule has 1 heterocycles. The molecule has 1 N–H and O–H groups in total. The summed E-state index contributed by atoms with van der Waals surface area (Å²) < 4.78 is 4.93. The van der Waals surface area contributed by atoms with Crippen molar-refractivity contribution >= 4 is 17.5 Å². The number of methoxy groups -OCH3 is 1. The molecule has 0 spiro atoms. The zero-order valence-electron chi connectivity index (χ0n) is 10.0. The van der Waals surface area contributed by atoms with Crippen LogP contribution >= 0.6 is 11.6 Å². The highest BCUT2D eigenvalue weighted by Gasteiger charge is 2.21. The second kappa shape index (κ2) is 5.30. The highest BCUT2D eigenvalue weighted by atomic mass is 35.5. The smallest absolute Gasteiger partial charge is 0.322 e. The van der Waals surface area contributed by atoms with Crippen LogP contribution in [0.2, 0.25) is 5.28 Å². The second-order valence-corrected chi connectivity index (χ2v) is 4.15. The van der Waals surface area contributed by atoms with Crippen LogP contribution in [0.15, 0.2) is 0 Å². The summed E-state index contributed by atoms with van der Waals surface area (Å²) in [5.74, 6) is 0.447. The Kier molecular flexibility index (Phi) is 4.29. The van der Waals surface area contributed by atoms with E-state index >= 15 is 0 Å². The third kappa shape index (κ3) is 3.20. The highest BCUT2D eigenvalue weighted by Crippen LogP contribution is 2.20. The van der Waals surface area contributed by atoms with E-state index in [-0.39, 0.29) is 16.8 Å². The molecule has 0 atom stereocenters. The quantitative estimate of drug-likeness (QED) is 0.863. The lowest BCUT2D eigenvalue weighted by atomic mass is 9.96. The number of halogens is 1. The Bertz CT molecular complexity index is 355. The van der Waals surface area contributed by atoms with Gasteiger partial charge in [0.1, 0.15) is 0 Å². The number of anilines is 1. The summed E-state index contributed by atoms with van der Waals surface area (Å²) in [5, 5.41) is 3.37. The second-order valence-electron chi connectivity index (χ2n) is 3.81. The third-order valence-electron chi connectivity index (χ3n) is 2.74. The van der Waals surface area contributed by atoms with E-state index in [1.54, 1.807) is 0 Å². The van der Waals surface area contributed by atoms with Gasteiger partial charge in [0.15, 0.2) is 0 Å². The lowest BCUT2D eigenvalue weighted by Gasteiger charge is -2.28. The van der Waals surface area contributed by atoms with E-state index in [0.29, 0.717) is 5.95 Å². The molecule has 0 amide bonds. The number of hydrogen-bond donors (Lipinski definition) is 1. The van der Waals surface area contributed by atoms with Gasteiger partial charge in [-0.05, 0) is 31.4 Å². The maximum atomic E-state index is 5.76. The normalized spacial score (nSPS) is 11.3. The summed E-state index contributed by atoms with van der Waals surface area (Å²) in [6.45, 7) is 6.32. The van der Waals surface area contributed by atoms with Gasteiger partial charge in [0.05, 0.1) is 7.11 Å². The van der Waals surface area contributed by atoms with E-state index in [9.17, 15) is 0 Å². The number of hydrogen-bond acceptors (Lipinski definition) is 5. The van der Waals surface area contributed by atoms with Crippen molar-refractivity contribution in [1.29, 1.82) is 0 Å². The van der Waals surface area contributed by atoms with Gasteiger partial charge in [-0.15, -0.1) is 0 Å². The maximum Gasteiger partial charge on any atom is 0.322 e. The van der Waals surface area contributed by atoms with Crippen LogP contribution in [0.1, 0.15) is 33.6 Å². The van der Waals surface area contributed by atoms with Gasteiger partial charge in [-0.25, -0.2) is 0 Å². The molecule has 0 aliphatic heterocycles. The SMILES string of the molecule is CCC(C)(CC)Nc1nc(Cl)nc(OC)n1. The summed E-state index contributed by atoms with van der Waals surface area (Å²) >= 11 is 5.76. The van der Waals surface area contributed by atoms with Gasteiger partial charge in [-0.2, -0.15) is 15.0 Å². The summed E-state index contributed by atoms with van der Waals surface area (Å²) in [6, 6.07) is 0.219. The fourth-order valence-electron chi connectivity index (χ4n) is 1.18. The van der Waals surface area contributed by atoms with Crippen LogP contribution in [0.3, 0.4) is 0 Å². The van der Waals surface area contributed by atoms with Crippen LogP contribution in [0, 0.1) is 0 Å². The molecule has 0 radical (unpaired) electrons. The van der Waals surface area contributed by atoms with Gasteiger partial charge < -0.3 is 10.1 Å². The van der Waals surface area contributed by atoms with E-state index in [4.69, 9.17) is 16.3 Å². The minimum atomic E-state index is -0.0459. The maximum absolute atomic E-state index is 5.76. The summed E-state index contributed by atoms with van der Waals surface area (Å²) in [6.07, 6.45) is 1.93. The molecule has 90 valence electrons. The van der Waals surface area contributed by atoms with Crippen LogP contribution in [0.25, 0.3) is 0 Å². The number of nitrogens with one attached hydrogen (secondary N) is 1. The minimum Gasteiger partial charge on any atom is -0.467 e. The summed E-state index contributed by atoms with van der Waals surface area (Å²) in [4.78, 5) is 11.9. The molecule has 16 heavy (non-hydrogen) atoms. The molecule has 0 aliphatic rings. The molecule has 0 aliphatic carbocycles. The van der Waals surface area contributed by atoms with Crippen LogP contribution in [-0.4, -0.2) is 27.6 Å². The Morgan fingerprint density at radius 3 is 2.38 bits per heavy atom. The third-order valence-corrected chi connectivity index (χ3v) is 2.91. The van der Waals surface area contributed by atoms with Crippen molar-refractivity contribution in [3.8, 4) is 6.01 Å². The number of nitrogens with zero attached hydrogens (tertiary/aromatic N) is 3. The molecule has 5 nitrogen and oxygen atoms in total. The van der Waals surface area contributed by atoms with Crippen molar-refractivity contribution in [3.63, 3.8) is 0 Å². The summed E-state index contributed by atoms with van der Waals surface area (Å²) in [7, 11) is 1.49. The van der Waals surface area contributed by atoms with Crippen molar-refractivity contribution in [1.82, 2.24) is 15.0 Å². The average Bonchev–Trinajstić information content (AvgIpc) is 2.28. The Morgan fingerprint density at radius 2 is 1.88 bits per heavy atom. The number of aromatic nitrogens is 3. The minimum absolute atomic E-state index is 0.0459. The van der Waals surface area contributed by atoms with E-state index < -0.39 is 0 Å². The molecular formula is C10H17ClN4O. The van der Waals surface area contributed by atoms with Crippen molar-refractivity contribution in [2.45, 2.75) is 39.2 Å². The lowest BCUT2D eigenvalue weighted by Crippen LogP contribution is -2.33. The fourth-order valence-corrected chi connectivity index (χ4v) is 1.33. The lowest BCUT2D eigenvalue weighted by molar-refractivity contribution is 0.377. The highest BCUT2D eigenvalue weighted by molar-refractivity contribution is 6.28. The van der Waals surface area contributed by atoms with Gasteiger partial charge >= 0.3 is 6.01 Å². The van der Waals surface area contributed by atoms with Crippen molar-refractivity contribution < 1.29 is 4.74 Å². The largest absolute Gasteiger partial charge is 0.467 e. The molecule has 1 aromatic rings. The molecule has 0 bridgehead atoms. The average molecular weight is 245 g/mol. The number of ether oxygens (including phenoxy) is 1. The molecule has 0 saturated heterocycles. The molecule has 0 saturated carbocycles. The molecular weight excluding hydrogens is 228 g/mol. The number of rotatable bonds is 5. The van der Waals surface area contributed by atoms with E-state index in [2.05, 4.69) is 41.0 Å². The van der Waals surface area contributed by atoms with Crippen LogP contribution in [0.5, 0.6) is 6.01 Å². The molecule has 0 fully saturated rings. The molecule has 1 aromatic heterocycles. The first-order valence-corrected chi connectivity index (χ1v) is 5.64. The monoisotopic (exact) mass is 244 g/mol. The first kappa shape index (κ1) is 13.0. The van der Waals surface area contributed by atoms with Crippen molar-refractivity contribution in [3.05, 3.63) is 5.28 Å². The standard InChI is InChI=1S/C10H17ClN4O/c1-5-10(3,6-2)15-8-12-7(11)13-9(14-8)16-4/h5-6H2,1-4H3,(H,12,13,14,15). The van der Waals surface area contributed by atoms with E-state index in [1.807, 2.05) is 0 Å². The Hall–Kier alpha value is -1.10. The van der Waals surface area contributed by atoms with Crippen LogP contribution < -0.4 is 10.1 Å². The van der Waals surface area contributed by atoms with Crippen molar-refractivity contribution in [2.75, 3.05) is 12.4 Å². The van der Waals surface area contributed by atoms with Gasteiger partial charge in [-0.3, -0.25) is 0 Å². The fraction of sp³-hybridized carbons (Fsp3) is 0.700. The van der Waals surface area contributed by atoms with Crippen LogP contribution in [-0.2, 0) is 0 Å². The zero-order valence-corrected chi connectivity index (χ0v) is 10.8. The van der Waals surface area contributed by atoms with E-state index in [0.717, 1.165) is 12.8 Å². The topological polar surface area (TPSA) is 59.9 Å². The molecule has 1 rings (SSSR count). The zero-order chi connectivity index (χ0) is 12.2. The molecule has 0 unspecified atom stereocenters. The predicted molar refractivity (Wildman–Crippen MR) is 64.0 cm³/mol. The van der Waals surface area contributed by atoms with E-state index in [1.165, 1.54) is 7.11 Å². The molecule has 0 aromatic carbocycles. The first-order chi connectivity index (χ1) is 7.53. The van der Waals surface area contributed by atoms with Gasteiger partial charge in [0.2, 0.25) is 11.2 Å². The van der Waals surface area contributed by atoms with Crippen LogP contribution in [0.4, 0.5) is 5.95 Å². The molecule has 6 heteroatoms. The Balaban J connectivity index is 2.92. The van der Waals surface area contributed by atoms with Gasteiger partial charge in [0.25, 0.3) is 0 Å².